The van der Waals surface area contributed by atoms with Crippen LogP contribution < -0.4 is 5.32 Å². The normalized spacial score (nSPS) is 15.7. The first kappa shape index (κ1) is 22.7. The first-order valence-electron chi connectivity index (χ1n) is 8.62. The molecule has 0 aromatic rings. The first-order chi connectivity index (χ1) is 12.9. The zero-order valence-corrected chi connectivity index (χ0v) is 15.5. The van der Waals surface area contributed by atoms with Crippen molar-refractivity contribution in [2.45, 2.75) is 38.6 Å². The average Bonchev–Trinajstić information content (AvgIpc) is 2.96. The molecule has 0 aliphatic carbocycles. The summed E-state index contributed by atoms with van der Waals surface area (Å²) in [5, 5.41) is 11.5. The highest BCUT2D eigenvalue weighted by molar-refractivity contribution is 6.12. The number of hydrogen-bond acceptors (Lipinski definition) is 8. The van der Waals surface area contributed by atoms with Gasteiger partial charge in [0.25, 0.3) is 11.8 Å². The molecule has 1 aliphatic heterocycles. The number of esters is 1. The van der Waals surface area contributed by atoms with Crippen molar-refractivity contribution in [3.63, 3.8) is 0 Å². The molecule has 27 heavy (non-hydrogen) atoms. The highest BCUT2D eigenvalue weighted by Crippen LogP contribution is 2.04. The zero-order valence-electron chi connectivity index (χ0n) is 15.5. The lowest BCUT2D eigenvalue weighted by atomic mass is 10.2. The molecule has 2 N–H and O–H groups in total. The van der Waals surface area contributed by atoms with Gasteiger partial charge in [0.05, 0.1) is 12.7 Å². The molecule has 3 amide bonds. The van der Waals surface area contributed by atoms with Gasteiger partial charge in [0.1, 0.15) is 6.61 Å². The van der Waals surface area contributed by atoms with Gasteiger partial charge < -0.3 is 24.6 Å². The SMILES string of the molecule is COC(COC(=O)CCCC(=O)NCCN1C(=O)C=CC1=O)OC(C)CO. The molecule has 2 unspecified atom stereocenters. The van der Waals surface area contributed by atoms with Crippen LogP contribution in [-0.4, -0.2) is 79.5 Å². The number of aliphatic hydroxyl groups excluding tert-OH is 1. The zero-order chi connectivity index (χ0) is 20.2. The Hall–Kier alpha value is -2.30. The Balaban J connectivity index is 2.11. The summed E-state index contributed by atoms with van der Waals surface area (Å²) in [6.07, 6.45) is 1.59. The highest BCUT2D eigenvalue weighted by atomic mass is 16.7. The third-order valence-electron chi connectivity index (χ3n) is 3.63. The van der Waals surface area contributed by atoms with E-state index in [4.69, 9.17) is 19.3 Å². The lowest BCUT2D eigenvalue weighted by Gasteiger charge is -2.19. The summed E-state index contributed by atoms with van der Waals surface area (Å²) in [5.74, 6) is -1.58. The van der Waals surface area contributed by atoms with Crippen LogP contribution in [0.3, 0.4) is 0 Å². The third kappa shape index (κ3) is 8.76. The van der Waals surface area contributed by atoms with Crippen LogP contribution in [-0.2, 0) is 33.4 Å². The maximum absolute atomic E-state index is 11.7. The summed E-state index contributed by atoms with van der Waals surface area (Å²) in [7, 11) is 1.40. The minimum absolute atomic E-state index is 0.0480. The first-order valence-corrected chi connectivity index (χ1v) is 8.62. The lowest BCUT2D eigenvalue weighted by molar-refractivity contribution is -0.191. The molecule has 152 valence electrons. The second-order valence-corrected chi connectivity index (χ2v) is 5.84. The molecular formula is C17H26N2O8. The van der Waals surface area contributed by atoms with E-state index in [9.17, 15) is 19.2 Å². The number of carbonyl (C=O) groups excluding carboxylic acids is 4. The molecule has 0 saturated heterocycles. The molecule has 0 aromatic heterocycles. The van der Waals surface area contributed by atoms with Gasteiger partial charge in [-0.2, -0.15) is 0 Å². The molecule has 0 saturated carbocycles. The van der Waals surface area contributed by atoms with Crippen molar-refractivity contribution in [2.75, 3.05) is 33.4 Å². The molecule has 1 rings (SSSR count). The fourth-order valence-corrected chi connectivity index (χ4v) is 2.14. The summed E-state index contributed by atoms with van der Waals surface area (Å²) in [6.45, 7) is 1.61. The topological polar surface area (TPSA) is 131 Å². The summed E-state index contributed by atoms with van der Waals surface area (Å²) >= 11 is 0. The van der Waals surface area contributed by atoms with Crippen LogP contribution in [0.4, 0.5) is 0 Å². The average molecular weight is 386 g/mol. The number of nitrogens with one attached hydrogen (secondary N) is 1. The monoisotopic (exact) mass is 386 g/mol. The summed E-state index contributed by atoms with van der Waals surface area (Å²) in [4.78, 5) is 47.1. The smallest absolute Gasteiger partial charge is 0.305 e. The number of ether oxygens (including phenoxy) is 3. The molecule has 10 heteroatoms. The van der Waals surface area contributed by atoms with Gasteiger partial charge >= 0.3 is 5.97 Å². The van der Waals surface area contributed by atoms with E-state index in [0.29, 0.717) is 6.42 Å². The van der Waals surface area contributed by atoms with Crippen molar-refractivity contribution >= 4 is 23.7 Å². The van der Waals surface area contributed by atoms with E-state index in [-0.39, 0.29) is 45.1 Å². The van der Waals surface area contributed by atoms with Crippen LogP contribution in [0.5, 0.6) is 0 Å². The van der Waals surface area contributed by atoms with Crippen LogP contribution in [0.15, 0.2) is 12.2 Å². The van der Waals surface area contributed by atoms with E-state index in [1.165, 1.54) is 19.3 Å². The third-order valence-corrected chi connectivity index (χ3v) is 3.63. The van der Waals surface area contributed by atoms with E-state index in [2.05, 4.69) is 5.32 Å². The Kier molecular flexibility index (Phi) is 10.2. The minimum Gasteiger partial charge on any atom is -0.460 e. The van der Waals surface area contributed by atoms with E-state index in [1.54, 1.807) is 6.92 Å². The van der Waals surface area contributed by atoms with E-state index < -0.39 is 30.2 Å². The second kappa shape index (κ2) is 12.2. The summed E-state index contributed by atoms with van der Waals surface area (Å²) in [5.41, 5.74) is 0. The number of hydrogen-bond donors (Lipinski definition) is 2. The van der Waals surface area contributed by atoms with Crippen molar-refractivity contribution < 1.29 is 38.5 Å². The molecule has 10 nitrogen and oxygen atoms in total. The number of amides is 3. The van der Waals surface area contributed by atoms with Crippen molar-refractivity contribution in [3.05, 3.63) is 12.2 Å². The van der Waals surface area contributed by atoms with Crippen LogP contribution in [0.2, 0.25) is 0 Å². The quantitative estimate of drug-likeness (QED) is 0.237. The fraction of sp³-hybridized carbons (Fsp3) is 0.647. The highest BCUT2D eigenvalue weighted by Gasteiger charge is 2.22. The number of methoxy groups -OCH3 is 1. The number of imide groups is 1. The van der Waals surface area contributed by atoms with Crippen LogP contribution >= 0.6 is 0 Å². The Bertz CT molecular complexity index is 545. The van der Waals surface area contributed by atoms with Gasteiger partial charge in [-0.05, 0) is 13.3 Å². The molecule has 0 fully saturated rings. The molecular weight excluding hydrogens is 360 g/mol. The van der Waals surface area contributed by atoms with Gasteiger partial charge in [0.2, 0.25) is 5.91 Å². The molecule has 0 spiro atoms. The molecule has 1 aliphatic rings. The predicted molar refractivity (Wildman–Crippen MR) is 92.1 cm³/mol. The second-order valence-electron chi connectivity index (χ2n) is 5.84. The molecule has 2 atom stereocenters. The van der Waals surface area contributed by atoms with Gasteiger partial charge in [0.15, 0.2) is 6.29 Å². The largest absolute Gasteiger partial charge is 0.460 e. The van der Waals surface area contributed by atoms with Gasteiger partial charge in [-0.3, -0.25) is 24.1 Å². The van der Waals surface area contributed by atoms with Crippen LogP contribution in [0.1, 0.15) is 26.2 Å². The van der Waals surface area contributed by atoms with E-state index in [1.807, 2.05) is 0 Å². The van der Waals surface area contributed by atoms with Gasteiger partial charge in [0, 0.05) is 45.2 Å². The maximum Gasteiger partial charge on any atom is 0.305 e. The Morgan fingerprint density at radius 2 is 1.89 bits per heavy atom. The molecule has 1 heterocycles. The Morgan fingerprint density at radius 3 is 2.48 bits per heavy atom. The van der Waals surface area contributed by atoms with Crippen LogP contribution in [0, 0.1) is 0 Å². The minimum atomic E-state index is -0.773. The number of carbonyl (C=O) groups is 4. The standard InChI is InChI=1S/C17H26N2O8/c1-12(10-20)27-17(25-2)11-26-16(24)5-3-4-13(21)18-8-9-19-14(22)6-7-15(19)23/h6-7,12,17,20H,3-5,8-11H2,1-2H3,(H,18,21). The summed E-state index contributed by atoms with van der Waals surface area (Å²) < 4.78 is 15.3. The fourth-order valence-electron chi connectivity index (χ4n) is 2.14. The molecule has 0 aromatic carbocycles. The molecule has 0 bridgehead atoms. The van der Waals surface area contributed by atoms with Gasteiger partial charge in [-0.15, -0.1) is 0 Å². The predicted octanol–water partition coefficient (Wildman–Crippen LogP) is -0.889. The van der Waals surface area contributed by atoms with E-state index >= 15 is 0 Å². The number of nitrogens with zero attached hydrogens (tertiary/aromatic N) is 1. The van der Waals surface area contributed by atoms with Crippen molar-refractivity contribution in [1.82, 2.24) is 10.2 Å². The number of aliphatic hydroxyl groups is 1. The summed E-state index contributed by atoms with van der Waals surface area (Å²) in [6, 6.07) is 0. The number of rotatable bonds is 13. The van der Waals surface area contributed by atoms with Crippen LogP contribution in [0.25, 0.3) is 0 Å². The Morgan fingerprint density at radius 1 is 1.22 bits per heavy atom. The van der Waals surface area contributed by atoms with E-state index in [0.717, 1.165) is 4.90 Å². The van der Waals surface area contributed by atoms with Gasteiger partial charge in [-0.25, -0.2) is 0 Å². The van der Waals surface area contributed by atoms with Crippen molar-refractivity contribution in [2.24, 2.45) is 0 Å². The lowest BCUT2D eigenvalue weighted by Crippen LogP contribution is -2.38. The van der Waals surface area contributed by atoms with Crippen molar-refractivity contribution in [1.29, 1.82) is 0 Å². The molecule has 0 radical (unpaired) electrons. The van der Waals surface area contributed by atoms with Crippen molar-refractivity contribution in [3.8, 4) is 0 Å². The maximum atomic E-state index is 11.7. The Labute approximate surface area is 157 Å². The van der Waals surface area contributed by atoms with Gasteiger partial charge in [-0.1, -0.05) is 0 Å².